The first kappa shape index (κ1) is 17.7. The van der Waals surface area contributed by atoms with Gasteiger partial charge in [-0.1, -0.05) is 52.0 Å². The zero-order chi connectivity index (χ0) is 16.0. The van der Waals surface area contributed by atoms with Gasteiger partial charge in [-0.05, 0) is 36.3 Å². The lowest BCUT2D eigenvalue weighted by Gasteiger charge is -2.19. The average Bonchev–Trinajstić information content (AvgIpc) is 2.38. The van der Waals surface area contributed by atoms with Gasteiger partial charge in [0.05, 0.1) is 6.04 Å². The molecule has 0 spiro atoms. The minimum atomic E-state index is -0.0781. The molecule has 0 aliphatic carbocycles. The summed E-state index contributed by atoms with van der Waals surface area (Å²) in [7, 11) is 0. The minimum Gasteiger partial charge on any atom is -0.350 e. The third kappa shape index (κ3) is 6.30. The Balaban J connectivity index is 2.55. The molecule has 0 aliphatic heterocycles. The molecular formula is C18H30N2O. The topological polar surface area (TPSA) is 55.1 Å². The first-order valence-electron chi connectivity index (χ1n) is 7.93. The molecule has 0 heterocycles. The zero-order valence-corrected chi connectivity index (χ0v) is 14.0. The Bertz CT molecular complexity index is 437. The highest BCUT2D eigenvalue weighted by atomic mass is 16.1. The van der Waals surface area contributed by atoms with Crippen LogP contribution in [0.5, 0.6) is 0 Å². The van der Waals surface area contributed by atoms with Crippen molar-refractivity contribution >= 4 is 5.91 Å². The molecular weight excluding hydrogens is 260 g/mol. The molecule has 21 heavy (non-hydrogen) atoms. The van der Waals surface area contributed by atoms with Gasteiger partial charge in [-0.15, -0.1) is 0 Å². The summed E-state index contributed by atoms with van der Waals surface area (Å²) in [6.45, 7) is 10.5. The van der Waals surface area contributed by atoms with E-state index in [-0.39, 0.29) is 18.0 Å². The van der Waals surface area contributed by atoms with Gasteiger partial charge in [-0.3, -0.25) is 4.79 Å². The molecule has 0 saturated heterocycles. The smallest absolute Gasteiger partial charge is 0.222 e. The highest BCUT2D eigenvalue weighted by Crippen LogP contribution is 2.16. The van der Waals surface area contributed by atoms with Gasteiger partial charge in [-0.25, -0.2) is 0 Å². The first-order chi connectivity index (χ1) is 9.79. The molecule has 3 nitrogen and oxygen atoms in total. The quantitative estimate of drug-likeness (QED) is 0.808. The molecule has 118 valence electrons. The maximum Gasteiger partial charge on any atom is 0.222 e. The zero-order valence-electron chi connectivity index (χ0n) is 14.0. The Hall–Kier alpha value is -1.35. The molecule has 2 atom stereocenters. The van der Waals surface area contributed by atoms with Gasteiger partial charge in [-0.2, -0.15) is 0 Å². The number of nitrogens with two attached hydrogens (primary N) is 1. The van der Waals surface area contributed by atoms with E-state index in [1.54, 1.807) is 0 Å². The van der Waals surface area contributed by atoms with Crippen LogP contribution in [0.1, 0.15) is 58.2 Å². The summed E-state index contributed by atoms with van der Waals surface area (Å²) < 4.78 is 0. The second kappa shape index (κ2) is 8.18. The minimum absolute atomic E-state index is 0.0185. The van der Waals surface area contributed by atoms with E-state index in [2.05, 4.69) is 43.4 Å². The molecule has 0 fully saturated rings. The van der Waals surface area contributed by atoms with Crippen molar-refractivity contribution in [3.05, 3.63) is 35.4 Å². The van der Waals surface area contributed by atoms with E-state index in [0.717, 1.165) is 12.0 Å². The number of hydrogen-bond acceptors (Lipinski definition) is 2. The summed E-state index contributed by atoms with van der Waals surface area (Å²) in [5, 5.41) is 3.02. The predicted octanol–water partition coefficient (Wildman–Crippen LogP) is 3.44. The van der Waals surface area contributed by atoms with Crippen LogP contribution in [0.15, 0.2) is 24.3 Å². The number of amides is 1. The number of hydrogen-bond donors (Lipinski definition) is 2. The van der Waals surface area contributed by atoms with Gasteiger partial charge in [0.15, 0.2) is 0 Å². The van der Waals surface area contributed by atoms with E-state index < -0.39 is 0 Å². The van der Waals surface area contributed by atoms with Crippen molar-refractivity contribution in [1.29, 1.82) is 0 Å². The standard InChI is InChI=1S/C18H30N2O/c1-12(2)10-15-6-8-16(9-7-15)14(5)20-18(21)11-17(19)13(3)4/h6-9,12-14,17H,10-11,19H2,1-5H3,(H,20,21). The van der Waals surface area contributed by atoms with Crippen LogP contribution in [0.3, 0.4) is 0 Å². The lowest BCUT2D eigenvalue weighted by molar-refractivity contribution is -0.122. The van der Waals surface area contributed by atoms with Gasteiger partial charge in [0.1, 0.15) is 0 Å². The third-order valence-electron chi connectivity index (χ3n) is 3.78. The lowest BCUT2D eigenvalue weighted by atomic mass is 9.99. The summed E-state index contributed by atoms with van der Waals surface area (Å²) in [6, 6.07) is 8.45. The Morgan fingerprint density at radius 2 is 1.67 bits per heavy atom. The highest BCUT2D eigenvalue weighted by Gasteiger charge is 2.15. The number of nitrogens with one attached hydrogen (secondary N) is 1. The Kier molecular flexibility index (Phi) is 6.90. The molecule has 0 aliphatic rings. The Morgan fingerprint density at radius 1 is 1.10 bits per heavy atom. The van der Waals surface area contributed by atoms with Gasteiger partial charge < -0.3 is 11.1 Å². The number of rotatable bonds is 7. The van der Waals surface area contributed by atoms with Crippen LogP contribution in [0.25, 0.3) is 0 Å². The first-order valence-corrected chi connectivity index (χ1v) is 7.93. The SMILES string of the molecule is CC(C)Cc1ccc(C(C)NC(=O)CC(N)C(C)C)cc1. The van der Waals surface area contributed by atoms with Crippen LogP contribution in [-0.4, -0.2) is 11.9 Å². The third-order valence-corrected chi connectivity index (χ3v) is 3.78. The van der Waals surface area contributed by atoms with E-state index in [1.807, 2.05) is 20.8 Å². The molecule has 0 saturated carbocycles. The van der Waals surface area contributed by atoms with Crippen molar-refractivity contribution in [2.75, 3.05) is 0 Å². The Morgan fingerprint density at radius 3 is 2.14 bits per heavy atom. The van der Waals surface area contributed by atoms with Crippen molar-refractivity contribution < 1.29 is 4.79 Å². The summed E-state index contributed by atoms with van der Waals surface area (Å²) in [6.07, 6.45) is 1.47. The van der Waals surface area contributed by atoms with Crippen LogP contribution in [-0.2, 0) is 11.2 Å². The number of carbonyl (C=O) groups is 1. The maximum atomic E-state index is 12.0. The fourth-order valence-corrected chi connectivity index (χ4v) is 2.25. The molecule has 1 aromatic carbocycles. The summed E-state index contributed by atoms with van der Waals surface area (Å²) in [5.74, 6) is 1.00. The molecule has 1 aromatic rings. The molecule has 0 radical (unpaired) electrons. The molecule has 3 heteroatoms. The van der Waals surface area contributed by atoms with Crippen molar-refractivity contribution in [2.24, 2.45) is 17.6 Å². The van der Waals surface area contributed by atoms with E-state index in [0.29, 0.717) is 18.3 Å². The van der Waals surface area contributed by atoms with E-state index in [4.69, 9.17) is 5.73 Å². The molecule has 1 amide bonds. The van der Waals surface area contributed by atoms with Crippen LogP contribution < -0.4 is 11.1 Å². The highest BCUT2D eigenvalue weighted by molar-refractivity contribution is 5.77. The molecule has 3 N–H and O–H groups in total. The van der Waals surface area contributed by atoms with Crippen LogP contribution in [0, 0.1) is 11.8 Å². The van der Waals surface area contributed by atoms with E-state index in [1.165, 1.54) is 5.56 Å². The average molecular weight is 290 g/mol. The van der Waals surface area contributed by atoms with Crippen LogP contribution in [0.4, 0.5) is 0 Å². The molecule has 1 rings (SSSR count). The van der Waals surface area contributed by atoms with Gasteiger partial charge in [0.2, 0.25) is 5.91 Å². The number of benzene rings is 1. The maximum absolute atomic E-state index is 12.0. The predicted molar refractivity (Wildman–Crippen MR) is 89.0 cm³/mol. The van der Waals surface area contributed by atoms with Gasteiger partial charge >= 0.3 is 0 Å². The second-order valence-electron chi connectivity index (χ2n) is 6.74. The van der Waals surface area contributed by atoms with Crippen molar-refractivity contribution in [2.45, 2.75) is 59.5 Å². The summed E-state index contributed by atoms with van der Waals surface area (Å²) in [4.78, 5) is 12.0. The van der Waals surface area contributed by atoms with Crippen molar-refractivity contribution in [3.63, 3.8) is 0 Å². The van der Waals surface area contributed by atoms with E-state index in [9.17, 15) is 4.79 Å². The van der Waals surface area contributed by atoms with Crippen molar-refractivity contribution in [1.82, 2.24) is 5.32 Å². The molecule has 0 bridgehead atoms. The van der Waals surface area contributed by atoms with E-state index >= 15 is 0 Å². The summed E-state index contributed by atoms with van der Waals surface area (Å²) >= 11 is 0. The monoisotopic (exact) mass is 290 g/mol. The number of carbonyl (C=O) groups excluding carboxylic acids is 1. The fraction of sp³-hybridized carbons (Fsp3) is 0.611. The largest absolute Gasteiger partial charge is 0.350 e. The van der Waals surface area contributed by atoms with Crippen molar-refractivity contribution in [3.8, 4) is 0 Å². The van der Waals surface area contributed by atoms with Gasteiger partial charge in [0, 0.05) is 12.5 Å². The summed E-state index contributed by atoms with van der Waals surface area (Å²) in [5.41, 5.74) is 8.41. The Labute approximate surface area is 129 Å². The lowest BCUT2D eigenvalue weighted by Crippen LogP contribution is -2.35. The fourth-order valence-electron chi connectivity index (χ4n) is 2.25. The second-order valence-corrected chi connectivity index (χ2v) is 6.74. The van der Waals surface area contributed by atoms with Crippen LogP contribution >= 0.6 is 0 Å². The molecule has 2 unspecified atom stereocenters. The van der Waals surface area contributed by atoms with Gasteiger partial charge in [0.25, 0.3) is 0 Å². The van der Waals surface area contributed by atoms with Crippen LogP contribution in [0.2, 0.25) is 0 Å². The normalized spacial score (nSPS) is 14.3. The molecule has 0 aromatic heterocycles.